The first-order chi connectivity index (χ1) is 15.7. The number of hydrogen-bond acceptors (Lipinski definition) is 3. The van der Waals surface area contributed by atoms with E-state index < -0.39 is 23.6 Å². The first-order valence-corrected chi connectivity index (χ1v) is 14.0. The number of allylic oxidation sites excluding steroid dienone is 2. The predicted octanol–water partition coefficient (Wildman–Crippen LogP) is 6.06. The summed E-state index contributed by atoms with van der Waals surface area (Å²) in [7, 11) is 0. The Morgan fingerprint density at radius 3 is 2.26 bits per heavy atom. The SMILES string of the molecule is C[C@@H]1CC[C@]2(C(=O)O)CC[C@]3(C)C(=CCC4[C@@]5(C)C[C@@H](O)[C@H](O)C(C)(C)C5CC[C@]43C)C2[C@H]1C. The highest BCUT2D eigenvalue weighted by Gasteiger charge is 2.70. The van der Waals surface area contributed by atoms with Gasteiger partial charge in [0.15, 0.2) is 0 Å². The average Bonchev–Trinajstić information content (AvgIpc) is 2.75. The number of aliphatic carboxylic acids is 1. The van der Waals surface area contributed by atoms with Crippen LogP contribution in [-0.2, 0) is 4.79 Å². The molecule has 0 bridgehead atoms. The first kappa shape index (κ1) is 24.8. The van der Waals surface area contributed by atoms with Crippen molar-refractivity contribution in [3.05, 3.63) is 11.6 Å². The Balaban J connectivity index is 1.62. The summed E-state index contributed by atoms with van der Waals surface area (Å²) in [5.74, 6) is 1.30. The van der Waals surface area contributed by atoms with Crippen LogP contribution < -0.4 is 0 Å². The summed E-state index contributed by atoms with van der Waals surface area (Å²) in [6, 6.07) is 0. The minimum atomic E-state index is -0.679. The molecule has 0 radical (unpaired) electrons. The van der Waals surface area contributed by atoms with Crippen LogP contribution in [-0.4, -0.2) is 33.5 Å². The zero-order valence-electron chi connectivity index (χ0n) is 22.5. The minimum absolute atomic E-state index is 0.00993. The standard InChI is InChI=1S/C30H48O4/c1-17-10-13-30(25(33)34)15-14-28(6)19(23(30)18(17)2)8-9-22-27(5)16-20(31)24(32)26(3,4)21(27)11-12-29(22,28)7/h8,17-18,20-24,31-32H,9-16H2,1-7H3,(H,33,34)/t17-,18+,20-,21?,22?,23?,24+,27+,28-,29-,30+/m1/s1. The molecule has 4 heteroatoms. The van der Waals surface area contributed by atoms with Crippen LogP contribution in [0.3, 0.4) is 0 Å². The van der Waals surface area contributed by atoms with Crippen LogP contribution in [0, 0.1) is 56.7 Å². The molecule has 0 aromatic heterocycles. The van der Waals surface area contributed by atoms with Crippen molar-refractivity contribution in [3.63, 3.8) is 0 Å². The maximum atomic E-state index is 12.8. The second kappa shape index (κ2) is 7.34. The average molecular weight is 473 g/mol. The molecule has 5 aliphatic carbocycles. The maximum absolute atomic E-state index is 12.8. The Labute approximate surface area is 206 Å². The van der Waals surface area contributed by atoms with Crippen molar-refractivity contribution in [1.82, 2.24) is 0 Å². The van der Waals surface area contributed by atoms with E-state index >= 15 is 0 Å². The predicted molar refractivity (Wildman–Crippen MR) is 134 cm³/mol. The van der Waals surface area contributed by atoms with Crippen LogP contribution in [0.2, 0.25) is 0 Å². The Bertz CT molecular complexity index is 907. The van der Waals surface area contributed by atoms with Crippen molar-refractivity contribution in [2.45, 2.75) is 112 Å². The lowest BCUT2D eigenvalue weighted by molar-refractivity contribution is -0.232. The smallest absolute Gasteiger partial charge is 0.310 e. The van der Waals surface area contributed by atoms with Gasteiger partial charge in [0, 0.05) is 0 Å². The van der Waals surface area contributed by atoms with Gasteiger partial charge in [-0.2, -0.15) is 0 Å². The topological polar surface area (TPSA) is 77.8 Å². The number of hydrogen-bond donors (Lipinski definition) is 3. The molecule has 0 aliphatic heterocycles. The van der Waals surface area contributed by atoms with Gasteiger partial charge in [0.2, 0.25) is 0 Å². The Morgan fingerprint density at radius 1 is 0.941 bits per heavy atom. The van der Waals surface area contributed by atoms with E-state index in [1.165, 1.54) is 5.57 Å². The number of carboxylic acid groups (broad SMARTS) is 1. The number of fused-ring (bicyclic) bond motifs is 7. The Hall–Kier alpha value is -0.870. The van der Waals surface area contributed by atoms with Crippen LogP contribution in [0.15, 0.2) is 11.6 Å². The highest BCUT2D eigenvalue weighted by molar-refractivity contribution is 5.76. The molecular weight excluding hydrogens is 424 g/mol. The van der Waals surface area contributed by atoms with Gasteiger partial charge in [-0.15, -0.1) is 0 Å². The Kier molecular flexibility index (Phi) is 5.36. The summed E-state index contributed by atoms with van der Waals surface area (Å²) < 4.78 is 0. The molecule has 4 nitrogen and oxygen atoms in total. The number of aliphatic hydroxyl groups is 2. The molecule has 0 spiro atoms. The van der Waals surface area contributed by atoms with E-state index in [0.29, 0.717) is 30.1 Å². The van der Waals surface area contributed by atoms with E-state index in [2.05, 4.69) is 54.5 Å². The third-order valence-electron chi connectivity index (χ3n) is 13.4. The lowest BCUT2D eigenvalue weighted by Crippen LogP contribution is -2.67. The van der Waals surface area contributed by atoms with Gasteiger partial charge in [0.05, 0.1) is 17.6 Å². The summed E-state index contributed by atoms with van der Waals surface area (Å²) in [4.78, 5) is 12.8. The monoisotopic (exact) mass is 472 g/mol. The molecule has 192 valence electrons. The van der Waals surface area contributed by atoms with E-state index in [-0.39, 0.29) is 27.6 Å². The molecule has 5 aliphatic rings. The fourth-order valence-corrected chi connectivity index (χ4v) is 11.0. The molecule has 3 unspecified atom stereocenters. The van der Waals surface area contributed by atoms with Gasteiger partial charge in [-0.25, -0.2) is 0 Å². The van der Waals surface area contributed by atoms with Crippen molar-refractivity contribution >= 4 is 5.97 Å². The van der Waals surface area contributed by atoms with Crippen LogP contribution in [0.4, 0.5) is 0 Å². The zero-order valence-corrected chi connectivity index (χ0v) is 22.5. The third kappa shape index (κ3) is 2.76. The van der Waals surface area contributed by atoms with E-state index in [9.17, 15) is 20.1 Å². The molecular formula is C30H48O4. The summed E-state index contributed by atoms with van der Waals surface area (Å²) in [6.45, 7) is 16.3. The lowest BCUT2D eigenvalue weighted by Gasteiger charge is -2.71. The molecule has 4 saturated carbocycles. The number of carboxylic acids is 1. The van der Waals surface area contributed by atoms with Gasteiger partial charge in [-0.1, -0.05) is 60.1 Å². The molecule has 5 rings (SSSR count). The fraction of sp³-hybridized carbons (Fsp3) is 0.900. The highest BCUT2D eigenvalue weighted by atomic mass is 16.4. The molecule has 34 heavy (non-hydrogen) atoms. The van der Waals surface area contributed by atoms with Gasteiger partial charge in [-0.3, -0.25) is 4.79 Å². The van der Waals surface area contributed by atoms with Crippen molar-refractivity contribution in [1.29, 1.82) is 0 Å². The van der Waals surface area contributed by atoms with Gasteiger partial charge in [0.25, 0.3) is 0 Å². The number of rotatable bonds is 1. The summed E-state index contributed by atoms with van der Waals surface area (Å²) in [5.41, 5.74) is 0.574. The fourth-order valence-electron chi connectivity index (χ4n) is 11.0. The lowest BCUT2D eigenvalue weighted by atomic mass is 9.33. The Morgan fingerprint density at radius 2 is 1.62 bits per heavy atom. The second-order valence-corrected chi connectivity index (χ2v) is 14.6. The van der Waals surface area contributed by atoms with Crippen LogP contribution >= 0.6 is 0 Å². The second-order valence-electron chi connectivity index (χ2n) is 14.6. The van der Waals surface area contributed by atoms with Crippen molar-refractivity contribution in [2.24, 2.45) is 56.7 Å². The first-order valence-electron chi connectivity index (χ1n) is 14.0. The number of aliphatic hydroxyl groups excluding tert-OH is 2. The van der Waals surface area contributed by atoms with Crippen molar-refractivity contribution < 1.29 is 20.1 Å². The largest absolute Gasteiger partial charge is 0.481 e. The van der Waals surface area contributed by atoms with Crippen molar-refractivity contribution in [3.8, 4) is 0 Å². The van der Waals surface area contributed by atoms with E-state index in [1.807, 2.05) is 0 Å². The molecule has 0 saturated heterocycles. The molecule has 11 atom stereocenters. The van der Waals surface area contributed by atoms with Crippen LogP contribution in [0.1, 0.15) is 99.8 Å². The molecule has 0 aromatic carbocycles. The highest BCUT2D eigenvalue weighted by Crippen LogP contribution is 2.75. The molecule has 0 heterocycles. The third-order valence-corrected chi connectivity index (χ3v) is 13.4. The van der Waals surface area contributed by atoms with Crippen molar-refractivity contribution in [2.75, 3.05) is 0 Å². The zero-order chi connectivity index (χ0) is 25.1. The van der Waals surface area contributed by atoms with Crippen LogP contribution in [0.25, 0.3) is 0 Å². The normalized spacial score (nSPS) is 56.3. The van der Waals surface area contributed by atoms with E-state index in [1.54, 1.807) is 0 Å². The molecule has 4 fully saturated rings. The number of carbonyl (C=O) groups is 1. The summed E-state index contributed by atoms with van der Waals surface area (Å²) in [6.07, 6.45) is 8.53. The molecule has 0 amide bonds. The molecule has 3 N–H and O–H groups in total. The molecule has 0 aromatic rings. The van der Waals surface area contributed by atoms with Crippen LogP contribution in [0.5, 0.6) is 0 Å². The summed E-state index contributed by atoms with van der Waals surface area (Å²) >= 11 is 0. The van der Waals surface area contributed by atoms with Gasteiger partial charge < -0.3 is 15.3 Å². The van der Waals surface area contributed by atoms with E-state index in [4.69, 9.17) is 0 Å². The van der Waals surface area contributed by atoms with Gasteiger partial charge in [-0.05, 0) is 103 Å². The van der Waals surface area contributed by atoms with Gasteiger partial charge >= 0.3 is 5.97 Å². The quantitative estimate of drug-likeness (QED) is 0.405. The van der Waals surface area contributed by atoms with E-state index in [0.717, 1.165) is 44.9 Å². The maximum Gasteiger partial charge on any atom is 0.310 e. The summed E-state index contributed by atoms with van der Waals surface area (Å²) in [5, 5.41) is 32.4. The minimum Gasteiger partial charge on any atom is -0.481 e. The van der Waals surface area contributed by atoms with Gasteiger partial charge in [0.1, 0.15) is 0 Å².